The van der Waals surface area contributed by atoms with E-state index in [1.165, 1.54) is 0 Å². The molecular formula is C17H19NO3. The molecule has 1 N–H and O–H groups in total. The highest BCUT2D eigenvalue weighted by Crippen LogP contribution is 2.30. The lowest BCUT2D eigenvalue weighted by atomic mass is 10.2. The molecule has 0 amide bonds. The van der Waals surface area contributed by atoms with Gasteiger partial charge in [0, 0.05) is 11.8 Å². The van der Waals surface area contributed by atoms with Crippen molar-refractivity contribution >= 4 is 11.9 Å². The van der Waals surface area contributed by atoms with Crippen LogP contribution in [0.1, 0.15) is 19.4 Å². The number of hydrogen-bond acceptors (Lipinski definition) is 4. The van der Waals surface area contributed by atoms with Gasteiger partial charge >= 0.3 is 0 Å². The topological polar surface area (TPSA) is 51.0 Å². The maximum Gasteiger partial charge on any atom is 0.166 e. The summed E-state index contributed by atoms with van der Waals surface area (Å²) in [7, 11) is 0. The van der Waals surface area contributed by atoms with Crippen LogP contribution in [0.4, 0.5) is 5.69 Å². The summed E-state index contributed by atoms with van der Waals surface area (Å²) >= 11 is 0. The Hall–Kier alpha value is -2.49. The number of para-hydroxylation sites is 3. The van der Waals surface area contributed by atoms with E-state index in [-0.39, 0.29) is 5.75 Å². The summed E-state index contributed by atoms with van der Waals surface area (Å²) in [6, 6.07) is 12.9. The molecule has 4 nitrogen and oxygen atoms in total. The Labute approximate surface area is 124 Å². The molecule has 0 unspecified atom stereocenters. The Kier molecular flexibility index (Phi) is 5.21. The van der Waals surface area contributed by atoms with Gasteiger partial charge in [0.1, 0.15) is 11.4 Å². The van der Waals surface area contributed by atoms with Gasteiger partial charge in [-0.25, -0.2) is 0 Å². The van der Waals surface area contributed by atoms with E-state index in [0.717, 1.165) is 11.4 Å². The zero-order valence-electron chi connectivity index (χ0n) is 12.2. The summed E-state index contributed by atoms with van der Waals surface area (Å²) in [5.74, 6) is 1.27. The first-order valence-electron chi connectivity index (χ1n) is 6.97. The van der Waals surface area contributed by atoms with Gasteiger partial charge in [-0.05, 0) is 38.1 Å². The Morgan fingerprint density at radius 1 is 0.952 bits per heavy atom. The Bertz CT molecular complexity index is 623. The van der Waals surface area contributed by atoms with Gasteiger partial charge in [0.15, 0.2) is 11.5 Å². The summed E-state index contributed by atoms with van der Waals surface area (Å²) in [6.07, 6.45) is 1.61. The predicted octanol–water partition coefficient (Wildman–Crippen LogP) is 3.94. The smallest absolute Gasteiger partial charge is 0.166 e. The van der Waals surface area contributed by atoms with Gasteiger partial charge in [0.2, 0.25) is 0 Å². The number of phenolic OH excluding ortho intramolecular Hbond substituents is 1. The van der Waals surface area contributed by atoms with Crippen LogP contribution in [-0.2, 0) is 0 Å². The van der Waals surface area contributed by atoms with Crippen molar-refractivity contribution in [3.63, 3.8) is 0 Å². The highest BCUT2D eigenvalue weighted by Gasteiger charge is 2.06. The van der Waals surface area contributed by atoms with E-state index < -0.39 is 0 Å². The molecular weight excluding hydrogens is 266 g/mol. The molecule has 4 heteroatoms. The summed E-state index contributed by atoms with van der Waals surface area (Å²) < 4.78 is 10.9. The van der Waals surface area contributed by atoms with E-state index in [1.54, 1.807) is 18.3 Å². The van der Waals surface area contributed by atoms with Gasteiger partial charge in [-0.2, -0.15) is 0 Å². The summed E-state index contributed by atoms with van der Waals surface area (Å²) in [4.78, 5) is 4.39. The molecule has 2 aromatic carbocycles. The lowest BCUT2D eigenvalue weighted by Crippen LogP contribution is -1.94. The van der Waals surface area contributed by atoms with Crippen LogP contribution in [0.5, 0.6) is 17.2 Å². The van der Waals surface area contributed by atoms with E-state index in [4.69, 9.17) is 9.47 Å². The number of aromatic hydroxyl groups is 1. The standard InChI is InChI=1S/C17H19NO3/c1-3-20-15-10-6-5-9-14(15)18-12-13-8-7-11-16(17(13)19)21-4-2/h5-12,19H,3-4H2,1-2H3. The predicted molar refractivity (Wildman–Crippen MR) is 84.1 cm³/mol. The number of benzene rings is 2. The molecule has 0 fully saturated rings. The first kappa shape index (κ1) is 14.9. The van der Waals surface area contributed by atoms with Crippen LogP contribution in [0.15, 0.2) is 47.5 Å². The molecule has 0 bridgehead atoms. The number of hydrogen-bond donors (Lipinski definition) is 1. The van der Waals surface area contributed by atoms with E-state index in [9.17, 15) is 5.11 Å². The Morgan fingerprint density at radius 3 is 2.38 bits per heavy atom. The fourth-order valence-corrected chi connectivity index (χ4v) is 1.90. The summed E-state index contributed by atoms with van der Waals surface area (Å²) in [5, 5.41) is 10.1. The van der Waals surface area contributed by atoms with Gasteiger partial charge in [0.25, 0.3) is 0 Å². The van der Waals surface area contributed by atoms with Crippen molar-refractivity contribution in [2.45, 2.75) is 13.8 Å². The molecule has 0 spiro atoms. The van der Waals surface area contributed by atoms with E-state index >= 15 is 0 Å². The molecule has 0 heterocycles. The van der Waals surface area contributed by atoms with Crippen molar-refractivity contribution in [2.75, 3.05) is 13.2 Å². The first-order valence-corrected chi connectivity index (χ1v) is 6.97. The van der Waals surface area contributed by atoms with Crippen molar-refractivity contribution in [1.29, 1.82) is 0 Å². The fraction of sp³-hybridized carbons (Fsp3) is 0.235. The second-order valence-electron chi connectivity index (χ2n) is 4.29. The van der Waals surface area contributed by atoms with Crippen molar-refractivity contribution in [3.8, 4) is 17.2 Å². The maximum atomic E-state index is 10.1. The van der Waals surface area contributed by atoms with E-state index in [1.807, 2.05) is 44.2 Å². The molecule has 0 aromatic heterocycles. The number of phenols is 1. The third-order valence-corrected chi connectivity index (χ3v) is 2.84. The van der Waals surface area contributed by atoms with Crippen LogP contribution in [0.3, 0.4) is 0 Å². The maximum absolute atomic E-state index is 10.1. The monoisotopic (exact) mass is 285 g/mol. The molecule has 0 atom stereocenters. The number of ether oxygens (including phenoxy) is 2. The van der Waals surface area contributed by atoms with Gasteiger partial charge in [0.05, 0.1) is 13.2 Å². The third kappa shape index (κ3) is 3.75. The quantitative estimate of drug-likeness (QED) is 0.818. The molecule has 0 aliphatic rings. The number of nitrogens with zero attached hydrogens (tertiary/aromatic N) is 1. The first-order chi connectivity index (χ1) is 10.3. The molecule has 0 radical (unpaired) electrons. The minimum Gasteiger partial charge on any atom is -0.504 e. The van der Waals surface area contributed by atoms with Crippen LogP contribution in [0.2, 0.25) is 0 Å². The summed E-state index contributed by atoms with van der Waals surface area (Å²) in [5.41, 5.74) is 1.33. The zero-order chi connectivity index (χ0) is 15.1. The zero-order valence-corrected chi connectivity index (χ0v) is 12.2. The van der Waals surface area contributed by atoms with Crippen molar-refractivity contribution < 1.29 is 14.6 Å². The van der Waals surface area contributed by atoms with Crippen LogP contribution < -0.4 is 9.47 Å². The second-order valence-corrected chi connectivity index (χ2v) is 4.29. The van der Waals surface area contributed by atoms with Gasteiger partial charge in [-0.3, -0.25) is 4.99 Å². The molecule has 2 aromatic rings. The number of aliphatic imine (C=N–C) groups is 1. The lowest BCUT2D eigenvalue weighted by molar-refractivity contribution is 0.318. The van der Waals surface area contributed by atoms with Gasteiger partial charge < -0.3 is 14.6 Å². The average Bonchev–Trinajstić information content (AvgIpc) is 2.50. The molecule has 0 saturated carbocycles. The molecule has 110 valence electrons. The lowest BCUT2D eigenvalue weighted by Gasteiger charge is -2.08. The van der Waals surface area contributed by atoms with Crippen LogP contribution in [0.25, 0.3) is 0 Å². The van der Waals surface area contributed by atoms with E-state index in [0.29, 0.717) is 24.5 Å². The molecule has 0 aliphatic carbocycles. The van der Waals surface area contributed by atoms with Crippen molar-refractivity contribution in [3.05, 3.63) is 48.0 Å². The Morgan fingerprint density at radius 2 is 1.62 bits per heavy atom. The van der Waals surface area contributed by atoms with E-state index in [2.05, 4.69) is 4.99 Å². The summed E-state index contributed by atoms with van der Waals surface area (Å²) in [6.45, 7) is 4.88. The largest absolute Gasteiger partial charge is 0.504 e. The average molecular weight is 285 g/mol. The SMILES string of the molecule is CCOc1ccccc1N=Cc1cccc(OCC)c1O. The molecule has 0 aliphatic heterocycles. The highest BCUT2D eigenvalue weighted by atomic mass is 16.5. The van der Waals surface area contributed by atoms with Crippen LogP contribution >= 0.6 is 0 Å². The minimum absolute atomic E-state index is 0.0944. The van der Waals surface area contributed by atoms with Crippen molar-refractivity contribution in [1.82, 2.24) is 0 Å². The van der Waals surface area contributed by atoms with Crippen molar-refractivity contribution in [2.24, 2.45) is 4.99 Å². The highest BCUT2D eigenvalue weighted by molar-refractivity contribution is 5.87. The molecule has 0 saturated heterocycles. The van der Waals surface area contributed by atoms with Gasteiger partial charge in [-0.1, -0.05) is 18.2 Å². The molecule has 2 rings (SSSR count). The second kappa shape index (κ2) is 7.33. The van der Waals surface area contributed by atoms with Gasteiger partial charge in [-0.15, -0.1) is 0 Å². The Balaban J connectivity index is 2.27. The normalized spacial score (nSPS) is 10.8. The van der Waals surface area contributed by atoms with Crippen LogP contribution in [0, 0.1) is 0 Å². The van der Waals surface area contributed by atoms with Crippen LogP contribution in [-0.4, -0.2) is 24.5 Å². The third-order valence-electron chi connectivity index (χ3n) is 2.84. The fourth-order valence-electron chi connectivity index (χ4n) is 1.90. The minimum atomic E-state index is 0.0944. The molecule has 21 heavy (non-hydrogen) atoms. The number of rotatable bonds is 6.